The summed E-state index contributed by atoms with van der Waals surface area (Å²) in [7, 11) is 1.62. The topological polar surface area (TPSA) is 58.6 Å². The highest BCUT2D eigenvalue weighted by Gasteiger charge is 2.31. The monoisotopic (exact) mass is 382 g/mol. The Morgan fingerprint density at radius 3 is 2.18 bits per heavy atom. The zero-order valence-electron chi connectivity index (χ0n) is 17.1. The first-order chi connectivity index (χ1) is 13.5. The lowest BCUT2D eigenvalue weighted by Crippen LogP contribution is -2.51. The number of carbonyl (C=O) groups excluding carboxylic acids is 2. The standard InChI is InChI=1S/C23H30N2O3/c1-5-24-22(26)21(15-18-9-7-6-8-10-18)25(23(27)17(2)3)16-19-11-13-20(28-4)14-12-19/h6-14,17,21H,5,15-16H2,1-4H3,(H,24,26)/t21-/m1/s1. The first kappa shape index (κ1) is 21.5. The Balaban J connectivity index is 2.35. The molecule has 1 N–H and O–H groups in total. The molecule has 150 valence electrons. The molecule has 2 rings (SSSR count). The van der Waals surface area contributed by atoms with Gasteiger partial charge in [-0.3, -0.25) is 9.59 Å². The molecular weight excluding hydrogens is 352 g/mol. The van der Waals surface area contributed by atoms with E-state index in [1.807, 2.05) is 75.4 Å². The summed E-state index contributed by atoms with van der Waals surface area (Å²) >= 11 is 0. The Kier molecular flexibility index (Phi) is 8.05. The number of hydrogen-bond donors (Lipinski definition) is 1. The van der Waals surface area contributed by atoms with Gasteiger partial charge in [-0.05, 0) is 30.2 Å². The minimum atomic E-state index is -0.570. The van der Waals surface area contributed by atoms with Gasteiger partial charge >= 0.3 is 0 Å². The maximum atomic E-state index is 13.0. The Morgan fingerprint density at radius 1 is 1.00 bits per heavy atom. The van der Waals surface area contributed by atoms with E-state index < -0.39 is 6.04 Å². The van der Waals surface area contributed by atoms with Gasteiger partial charge in [0.05, 0.1) is 7.11 Å². The molecule has 0 saturated carbocycles. The normalized spacial score (nSPS) is 11.8. The van der Waals surface area contributed by atoms with Crippen molar-refractivity contribution in [3.05, 3.63) is 65.7 Å². The van der Waals surface area contributed by atoms with Gasteiger partial charge in [0.25, 0.3) is 0 Å². The number of methoxy groups -OCH3 is 1. The van der Waals surface area contributed by atoms with Crippen molar-refractivity contribution in [2.24, 2.45) is 5.92 Å². The van der Waals surface area contributed by atoms with Crippen molar-refractivity contribution in [3.8, 4) is 5.75 Å². The van der Waals surface area contributed by atoms with E-state index in [0.29, 0.717) is 19.5 Å². The molecule has 0 aliphatic heterocycles. The SMILES string of the molecule is CCNC(=O)[C@@H](Cc1ccccc1)N(Cc1ccc(OC)cc1)C(=O)C(C)C. The molecule has 0 aromatic heterocycles. The van der Waals surface area contributed by atoms with Gasteiger partial charge in [-0.1, -0.05) is 56.3 Å². The lowest BCUT2D eigenvalue weighted by molar-refractivity contribution is -0.143. The van der Waals surface area contributed by atoms with Crippen LogP contribution in [0, 0.1) is 5.92 Å². The molecule has 5 heteroatoms. The van der Waals surface area contributed by atoms with Gasteiger partial charge in [0.2, 0.25) is 11.8 Å². The molecule has 0 radical (unpaired) electrons. The van der Waals surface area contributed by atoms with Crippen molar-refractivity contribution in [2.75, 3.05) is 13.7 Å². The molecule has 0 aliphatic rings. The predicted molar refractivity (Wildman–Crippen MR) is 111 cm³/mol. The molecule has 0 bridgehead atoms. The number of benzene rings is 2. The van der Waals surface area contributed by atoms with Gasteiger partial charge in [-0.2, -0.15) is 0 Å². The van der Waals surface area contributed by atoms with Gasteiger partial charge in [-0.15, -0.1) is 0 Å². The maximum absolute atomic E-state index is 13.0. The van der Waals surface area contributed by atoms with Crippen LogP contribution in [0.1, 0.15) is 31.9 Å². The highest BCUT2D eigenvalue weighted by Crippen LogP contribution is 2.19. The number of nitrogens with zero attached hydrogens (tertiary/aromatic N) is 1. The molecule has 0 spiro atoms. The number of amides is 2. The van der Waals surface area contributed by atoms with E-state index >= 15 is 0 Å². The summed E-state index contributed by atoms with van der Waals surface area (Å²) < 4.78 is 5.21. The molecule has 2 amide bonds. The lowest BCUT2D eigenvalue weighted by Gasteiger charge is -2.32. The summed E-state index contributed by atoms with van der Waals surface area (Å²) in [4.78, 5) is 27.6. The van der Waals surface area contributed by atoms with Crippen molar-refractivity contribution in [2.45, 2.75) is 39.8 Å². The Labute approximate surface area is 167 Å². The Morgan fingerprint density at radius 2 is 1.64 bits per heavy atom. The zero-order chi connectivity index (χ0) is 20.5. The number of hydrogen-bond acceptors (Lipinski definition) is 3. The molecule has 0 unspecified atom stereocenters. The first-order valence-corrected chi connectivity index (χ1v) is 9.71. The molecule has 2 aromatic carbocycles. The van der Waals surface area contributed by atoms with Crippen LogP contribution in [-0.4, -0.2) is 36.4 Å². The van der Waals surface area contributed by atoms with Gasteiger partial charge < -0.3 is 15.0 Å². The van der Waals surface area contributed by atoms with Crippen LogP contribution in [0.25, 0.3) is 0 Å². The molecular formula is C23H30N2O3. The minimum Gasteiger partial charge on any atom is -0.497 e. The average Bonchev–Trinajstić information content (AvgIpc) is 2.71. The van der Waals surface area contributed by atoms with Crippen molar-refractivity contribution < 1.29 is 14.3 Å². The first-order valence-electron chi connectivity index (χ1n) is 9.71. The quantitative estimate of drug-likeness (QED) is 0.723. The third-order valence-corrected chi connectivity index (χ3v) is 4.59. The molecule has 28 heavy (non-hydrogen) atoms. The fourth-order valence-corrected chi connectivity index (χ4v) is 3.07. The molecule has 2 aromatic rings. The summed E-state index contributed by atoms with van der Waals surface area (Å²) in [6, 6.07) is 16.8. The second kappa shape index (κ2) is 10.5. The average molecular weight is 383 g/mol. The van der Waals surface area contributed by atoms with Crippen LogP contribution >= 0.6 is 0 Å². The molecule has 5 nitrogen and oxygen atoms in total. The van der Waals surface area contributed by atoms with Crippen LogP contribution in [0.15, 0.2) is 54.6 Å². The number of ether oxygens (including phenoxy) is 1. The van der Waals surface area contributed by atoms with Crippen LogP contribution in [0.2, 0.25) is 0 Å². The minimum absolute atomic E-state index is 0.0389. The van der Waals surface area contributed by atoms with E-state index in [2.05, 4.69) is 5.32 Å². The summed E-state index contributed by atoms with van der Waals surface area (Å²) in [6.07, 6.45) is 0.474. The summed E-state index contributed by atoms with van der Waals surface area (Å²) in [5.41, 5.74) is 1.98. The van der Waals surface area contributed by atoms with Crippen molar-refractivity contribution in [1.82, 2.24) is 10.2 Å². The number of rotatable bonds is 9. The van der Waals surface area contributed by atoms with Crippen molar-refractivity contribution >= 4 is 11.8 Å². The van der Waals surface area contributed by atoms with Crippen LogP contribution in [0.4, 0.5) is 0 Å². The van der Waals surface area contributed by atoms with Gasteiger partial charge in [0.1, 0.15) is 11.8 Å². The highest BCUT2D eigenvalue weighted by molar-refractivity contribution is 5.88. The maximum Gasteiger partial charge on any atom is 0.243 e. The lowest BCUT2D eigenvalue weighted by atomic mass is 10.0. The van der Waals surface area contributed by atoms with Gasteiger partial charge in [0.15, 0.2) is 0 Å². The Hall–Kier alpha value is -2.82. The smallest absolute Gasteiger partial charge is 0.243 e. The van der Waals surface area contributed by atoms with Crippen LogP contribution in [0.5, 0.6) is 5.75 Å². The largest absolute Gasteiger partial charge is 0.497 e. The molecule has 1 atom stereocenters. The van der Waals surface area contributed by atoms with E-state index in [4.69, 9.17) is 4.74 Å². The van der Waals surface area contributed by atoms with E-state index in [-0.39, 0.29) is 17.7 Å². The molecule has 0 heterocycles. The van der Waals surface area contributed by atoms with E-state index in [1.165, 1.54) is 0 Å². The fourth-order valence-electron chi connectivity index (χ4n) is 3.07. The van der Waals surface area contributed by atoms with Gasteiger partial charge in [-0.25, -0.2) is 0 Å². The second-order valence-electron chi connectivity index (χ2n) is 7.07. The van der Waals surface area contributed by atoms with Crippen LogP contribution < -0.4 is 10.1 Å². The summed E-state index contributed by atoms with van der Waals surface area (Å²) in [5.74, 6) is 0.387. The second-order valence-corrected chi connectivity index (χ2v) is 7.07. The van der Waals surface area contributed by atoms with Crippen LogP contribution in [0.3, 0.4) is 0 Å². The van der Waals surface area contributed by atoms with E-state index in [0.717, 1.165) is 16.9 Å². The third-order valence-electron chi connectivity index (χ3n) is 4.59. The van der Waals surface area contributed by atoms with E-state index in [9.17, 15) is 9.59 Å². The molecule has 0 fully saturated rings. The zero-order valence-corrected chi connectivity index (χ0v) is 17.1. The van der Waals surface area contributed by atoms with E-state index in [1.54, 1.807) is 12.0 Å². The predicted octanol–water partition coefficient (Wildman–Crippen LogP) is 3.43. The van der Waals surface area contributed by atoms with Crippen molar-refractivity contribution in [3.63, 3.8) is 0 Å². The highest BCUT2D eigenvalue weighted by atomic mass is 16.5. The number of carbonyl (C=O) groups is 2. The molecule has 0 aliphatic carbocycles. The number of likely N-dealkylation sites (N-methyl/N-ethyl adjacent to an activating group) is 1. The molecule has 0 saturated heterocycles. The van der Waals surface area contributed by atoms with Crippen molar-refractivity contribution in [1.29, 1.82) is 0 Å². The van der Waals surface area contributed by atoms with Crippen LogP contribution in [-0.2, 0) is 22.6 Å². The fraction of sp³-hybridized carbons (Fsp3) is 0.391. The third kappa shape index (κ3) is 5.84. The summed E-state index contributed by atoms with van der Waals surface area (Å²) in [5, 5.41) is 2.89. The summed E-state index contributed by atoms with van der Waals surface area (Å²) in [6.45, 7) is 6.50. The van der Waals surface area contributed by atoms with Gasteiger partial charge in [0, 0.05) is 25.4 Å². The number of nitrogens with one attached hydrogen (secondary N) is 1. The Bertz CT molecular complexity index is 757.